The van der Waals surface area contributed by atoms with E-state index in [1.54, 1.807) is 23.0 Å². The molecule has 0 amide bonds. The van der Waals surface area contributed by atoms with Gasteiger partial charge in [0.15, 0.2) is 0 Å². The average Bonchev–Trinajstić information content (AvgIpc) is 3.18. The highest BCUT2D eigenvalue weighted by Crippen LogP contribution is 2.22. The number of benzene rings is 1. The van der Waals surface area contributed by atoms with Crippen LogP contribution in [0.2, 0.25) is 0 Å². The molecule has 1 aromatic carbocycles. The quantitative estimate of drug-likeness (QED) is 0.701. The van der Waals surface area contributed by atoms with Crippen LogP contribution in [0.25, 0.3) is 0 Å². The second-order valence-corrected chi connectivity index (χ2v) is 6.46. The normalized spacial score (nSPS) is 15.8. The summed E-state index contributed by atoms with van der Waals surface area (Å²) in [5.74, 6) is -1.15. The largest absolute Gasteiger partial charge is 0.473 e. The Morgan fingerprint density at radius 1 is 1.22 bits per heavy atom. The minimum atomic E-state index is -0.499. The first kappa shape index (κ1) is 18.6. The van der Waals surface area contributed by atoms with Crippen LogP contribution in [-0.2, 0) is 14.3 Å². The van der Waals surface area contributed by atoms with E-state index in [1.807, 2.05) is 37.3 Å². The molecule has 2 aromatic rings. The summed E-state index contributed by atoms with van der Waals surface area (Å²) < 4.78 is 12.2. The first-order valence-corrected chi connectivity index (χ1v) is 8.81. The topological polar surface area (TPSA) is 70.4 Å². The van der Waals surface area contributed by atoms with Crippen LogP contribution in [0.15, 0.2) is 67.5 Å². The van der Waals surface area contributed by atoms with Crippen molar-refractivity contribution in [1.29, 1.82) is 0 Å². The number of carbonyl (C=O) groups excluding carboxylic acids is 2. The fourth-order valence-corrected chi connectivity index (χ4v) is 3.05. The molecule has 2 atom stereocenters. The summed E-state index contributed by atoms with van der Waals surface area (Å²) in [5, 5.41) is 0. The number of esters is 1. The molecule has 0 aliphatic carbocycles. The van der Waals surface area contributed by atoms with Gasteiger partial charge >= 0.3 is 5.97 Å². The zero-order valence-corrected chi connectivity index (χ0v) is 15.3. The SMILES string of the molecule is CC(=O)C(COC(=O)c1cncn1[C@H](C)c1ccccc1)C1C=COC=C1. The van der Waals surface area contributed by atoms with Crippen molar-refractivity contribution in [3.63, 3.8) is 0 Å². The Hall–Kier alpha value is -3.15. The fourth-order valence-electron chi connectivity index (χ4n) is 3.05. The summed E-state index contributed by atoms with van der Waals surface area (Å²) in [6.07, 6.45) is 9.71. The van der Waals surface area contributed by atoms with Gasteiger partial charge in [-0.3, -0.25) is 4.79 Å². The van der Waals surface area contributed by atoms with E-state index in [9.17, 15) is 9.59 Å². The molecule has 6 heteroatoms. The molecule has 1 aliphatic heterocycles. The molecule has 0 N–H and O–H groups in total. The molecule has 0 saturated heterocycles. The number of imidazole rings is 1. The van der Waals surface area contributed by atoms with Crippen molar-refractivity contribution in [1.82, 2.24) is 9.55 Å². The van der Waals surface area contributed by atoms with Gasteiger partial charge in [0, 0.05) is 5.92 Å². The third-order valence-corrected chi connectivity index (χ3v) is 4.71. The van der Waals surface area contributed by atoms with Crippen molar-refractivity contribution in [3.8, 4) is 0 Å². The number of hydrogen-bond acceptors (Lipinski definition) is 5. The van der Waals surface area contributed by atoms with Crippen molar-refractivity contribution < 1.29 is 19.1 Å². The van der Waals surface area contributed by atoms with Crippen LogP contribution < -0.4 is 0 Å². The summed E-state index contributed by atoms with van der Waals surface area (Å²) in [7, 11) is 0. The molecule has 27 heavy (non-hydrogen) atoms. The molecule has 0 saturated carbocycles. The van der Waals surface area contributed by atoms with Crippen molar-refractivity contribution in [3.05, 3.63) is 78.8 Å². The number of carbonyl (C=O) groups is 2. The molecular weight excluding hydrogens is 344 g/mol. The molecule has 0 bridgehead atoms. The van der Waals surface area contributed by atoms with Crippen LogP contribution in [0.3, 0.4) is 0 Å². The molecule has 140 valence electrons. The summed E-state index contributed by atoms with van der Waals surface area (Å²) in [4.78, 5) is 28.7. The lowest BCUT2D eigenvalue weighted by Gasteiger charge is -2.21. The zero-order valence-electron chi connectivity index (χ0n) is 15.3. The van der Waals surface area contributed by atoms with Crippen molar-refractivity contribution >= 4 is 11.8 Å². The standard InChI is InChI=1S/C21H22N2O4/c1-15(17-6-4-3-5-7-17)23-14-22-12-20(23)21(25)27-13-19(16(2)24)18-8-10-26-11-9-18/h3-12,14-15,18-19H,13H2,1-2H3/t15-,19?/m1/s1. The Kier molecular flexibility index (Phi) is 5.86. The molecule has 1 aromatic heterocycles. The fraction of sp³-hybridized carbons (Fsp3) is 0.286. The van der Waals surface area contributed by atoms with Crippen LogP contribution >= 0.6 is 0 Å². The Bertz CT molecular complexity index is 842. The van der Waals surface area contributed by atoms with Crippen LogP contribution in [0, 0.1) is 11.8 Å². The van der Waals surface area contributed by atoms with E-state index in [2.05, 4.69) is 4.98 Å². The van der Waals surface area contributed by atoms with E-state index in [-0.39, 0.29) is 24.3 Å². The third kappa shape index (κ3) is 4.34. The first-order chi connectivity index (χ1) is 13.1. The molecule has 1 aliphatic rings. The van der Waals surface area contributed by atoms with E-state index >= 15 is 0 Å². The predicted octanol–water partition coefficient (Wildman–Crippen LogP) is 3.53. The molecule has 0 fully saturated rings. The number of aromatic nitrogens is 2. The minimum absolute atomic E-state index is 0.00158. The van der Waals surface area contributed by atoms with Gasteiger partial charge in [-0.25, -0.2) is 9.78 Å². The molecule has 3 rings (SSSR count). The highest BCUT2D eigenvalue weighted by Gasteiger charge is 2.26. The average molecular weight is 366 g/mol. The van der Waals surface area contributed by atoms with Crippen molar-refractivity contribution in [2.24, 2.45) is 11.8 Å². The number of allylic oxidation sites excluding steroid dienone is 2. The van der Waals surface area contributed by atoms with Crippen LogP contribution in [0.1, 0.15) is 35.9 Å². The van der Waals surface area contributed by atoms with E-state index in [1.165, 1.54) is 25.6 Å². The Balaban J connectivity index is 1.71. The van der Waals surface area contributed by atoms with Gasteiger partial charge in [-0.15, -0.1) is 0 Å². The summed E-state index contributed by atoms with van der Waals surface area (Å²) in [6, 6.07) is 9.77. The highest BCUT2D eigenvalue weighted by atomic mass is 16.5. The van der Waals surface area contributed by atoms with Crippen LogP contribution in [0.4, 0.5) is 0 Å². The lowest BCUT2D eigenvalue weighted by Crippen LogP contribution is -2.27. The zero-order chi connectivity index (χ0) is 19.2. The van der Waals surface area contributed by atoms with Gasteiger partial charge < -0.3 is 14.0 Å². The Labute approximate surface area is 158 Å². The van der Waals surface area contributed by atoms with Gasteiger partial charge in [0.1, 0.15) is 18.1 Å². The maximum Gasteiger partial charge on any atom is 0.356 e. The number of Topliss-reactive ketones (excluding diaryl/α,β-unsaturated/α-hetero) is 1. The van der Waals surface area contributed by atoms with E-state index in [0.717, 1.165) is 5.56 Å². The maximum absolute atomic E-state index is 12.6. The van der Waals surface area contributed by atoms with Gasteiger partial charge in [-0.2, -0.15) is 0 Å². The number of ether oxygens (including phenoxy) is 2. The second kappa shape index (κ2) is 8.49. The lowest BCUT2D eigenvalue weighted by atomic mass is 9.89. The molecular formula is C21H22N2O4. The van der Waals surface area contributed by atoms with Crippen molar-refractivity contribution in [2.45, 2.75) is 19.9 Å². The first-order valence-electron chi connectivity index (χ1n) is 8.81. The lowest BCUT2D eigenvalue weighted by molar-refractivity contribution is -0.122. The summed E-state index contributed by atoms with van der Waals surface area (Å²) >= 11 is 0. The number of nitrogens with zero attached hydrogens (tertiary/aromatic N) is 2. The monoisotopic (exact) mass is 366 g/mol. The van der Waals surface area contributed by atoms with Gasteiger partial charge in [0.2, 0.25) is 0 Å². The number of ketones is 1. The smallest absolute Gasteiger partial charge is 0.356 e. The van der Waals surface area contributed by atoms with Gasteiger partial charge in [-0.05, 0) is 31.6 Å². The summed E-state index contributed by atoms with van der Waals surface area (Å²) in [5.41, 5.74) is 1.41. The Morgan fingerprint density at radius 2 is 1.93 bits per heavy atom. The maximum atomic E-state index is 12.6. The number of rotatable bonds is 7. The highest BCUT2D eigenvalue weighted by molar-refractivity contribution is 5.88. The van der Waals surface area contributed by atoms with E-state index < -0.39 is 11.9 Å². The minimum Gasteiger partial charge on any atom is -0.473 e. The van der Waals surface area contributed by atoms with Gasteiger partial charge in [0.05, 0.1) is 37.0 Å². The van der Waals surface area contributed by atoms with Gasteiger partial charge in [0.25, 0.3) is 0 Å². The summed E-state index contributed by atoms with van der Waals surface area (Å²) in [6.45, 7) is 3.49. The second-order valence-electron chi connectivity index (χ2n) is 6.46. The predicted molar refractivity (Wildman–Crippen MR) is 99.8 cm³/mol. The Morgan fingerprint density at radius 3 is 2.59 bits per heavy atom. The van der Waals surface area contributed by atoms with Gasteiger partial charge in [-0.1, -0.05) is 30.3 Å². The molecule has 0 radical (unpaired) electrons. The number of hydrogen-bond donors (Lipinski definition) is 0. The molecule has 2 heterocycles. The van der Waals surface area contributed by atoms with E-state index in [0.29, 0.717) is 5.69 Å². The third-order valence-electron chi connectivity index (χ3n) is 4.71. The van der Waals surface area contributed by atoms with E-state index in [4.69, 9.17) is 9.47 Å². The molecule has 1 unspecified atom stereocenters. The van der Waals surface area contributed by atoms with Crippen LogP contribution in [-0.4, -0.2) is 27.9 Å². The molecule has 0 spiro atoms. The van der Waals surface area contributed by atoms with Crippen molar-refractivity contribution in [2.75, 3.05) is 6.61 Å². The van der Waals surface area contributed by atoms with Crippen LogP contribution in [0.5, 0.6) is 0 Å². The molecule has 6 nitrogen and oxygen atoms in total.